The molecule has 2 aromatic carbocycles. The maximum atomic E-state index is 12.1. The maximum Gasteiger partial charge on any atom is 0.339 e. The van der Waals surface area contributed by atoms with E-state index in [-0.39, 0.29) is 10.6 Å². The minimum Gasteiger partial charge on any atom is -0.378 e. The summed E-state index contributed by atoms with van der Waals surface area (Å²) in [6.07, 6.45) is 0.655. The van der Waals surface area contributed by atoms with E-state index in [1.165, 1.54) is 42.5 Å². The zero-order valence-corrected chi connectivity index (χ0v) is 13.1. The van der Waals surface area contributed by atoms with Crippen LogP contribution in [-0.2, 0) is 10.1 Å². The number of rotatable bonds is 4. The lowest BCUT2D eigenvalue weighted by molar-refractivity contribution is 0.112. The predicted octanol–water partition coefficient (Wildman–Crippen LogP) is 3.68. The minimum atomic E-state index is -3.95. The summed E-state index contributed by atoms with van der Waals surface area (Å²) in [7, 11) is -3.95. The van der Waals surface area contributed by atoms with E-state index in [0.29, 0.717) is 21.3 Å². The van der Waals surface area contributed by atoms with Gasteiger partial charge < -0.3 is 4.18 Å². The summed E-state index contributed by atoms with van der Waals surface area (Å²) in [5.74, 6) is 0.102. The zero-order chi connectivity index (χ0) is 14.8. The third-order valence-electron chi connectivity index (χ3n) is 2.39. The Kier molecular flexibility index (Phi) is 4.47. The van der Waals surface area contributed by atoms with Crippen LogP contribution in [0.25, 0.3) is 0 Å². The summed E-state index contributed by atoms with van der Waals surface area (Å²) in [5, 5.41) is 0.431. The van der Waals surface area contributed by atoms with E-state index in [9.17, 15) is 13.2 Å². The van der Waals surface area contributed by atoms with Gasteiger partial charge in [0.15, 0.2) is 5.75 Å². The molecule has 104 valence electrons. The van der Waals surface area contributed by atoms with Gasteiger partial charge in [-0.3, -0.25) is 4.79 Å². The standard InChI is InChI=1S/C13H8BrClO4S/c14-12-7-9(8-16)1-6-13(12)19-20(17,18)11-4-2-10(15)3-5-11/h1-8H. The molecule has 0 spiro atoms. The van der Waals surface area contributed by atoms with Crippen LogP contribution in [0.5, 0.6) is 5.75 Å². The lowest BCUT2D eigenvalue weighted by Crippen LogP contribution is -2.10. The summed E-state index contributed by atoms with van der Waals surface area (Å²) < 4.78 is 29.5. The Bertz CT molecular complexity index is 741. The van der Waals surface area contributed by atoms with Crippen molar-refractivity contribution in [2.24, 2.45) is 0 Å². The van der Waals surface area contributed by atoms with Gasteiger partial charge >= 0.3 is 10.1 Å². The van der Waals surface area contributed by atoms with Gasteiger partial charge in [-0.05, 0) is 58.4 Å². The Morgan fingerprint density at radius 3 is 2.30 bits per heavy atom. The van der Waals surface area contributed by atoms with E-state index in [2.05, 4.69) is 15.9 Å². The summed E-state index contributed by atoms with van der Waals surface area (Å²) in [5.41, 5.74) is 0.410. The Labute approximate surface area is 129 Å². The number of carbonyl (C=O) groups excluding carboxylic acids is 1. The Hall–Kier alpha value is -1.37. The molecule has 0 unspecified atom stereocenters. The normalized spacial score (nSPS) is 11.1. The topological polar surface area (TPSA) is 60.4 Å². The van der Waals surface area contributed by atoms with Crippen LogP contribution in [0, 0.1) is 0 Å². The summed E-state index contributed by atoms with van der Waals surface area (Å²) in [4.78, 5) is 10.6. The third kappa shape index (κ3) is 3.39. The summed E-state index contributed by atoms with van der Waals surface area (Å²) >= 11 is 8.86. The van der Waals surface area contributed by atoms with Gasteiger partial charge in [-0.15, -0.1) is 0 Å². The van der Waals surface area contributed by atoms with Crippen molar-refractivity contribution in [2.45, 2.75) is 4.90 Å². The van der Waals surface area contributed by atoms with Crippen LogP contribution in [0.3, 0.4) is 0 Å². The van der Waals surface area contributed by atoms with Gasteiger partial charge in [0.1, 0.15) is 11.2 Å². The lowest BCUT2D eigenvalue weighted by atomic mass is 10.2. The minimum absolute atomic E-state index is 0.00624. The smallest absolute Gasteiger partial charge is 0.339 e. The van der Waals surface area contributed by atoms with Crippen molar-refractivity contribution < 1.29 is 17.4 Å². The average Bonchev–Trinajstić information content (AvgIpc) is 2.41. The molecular weight excluding hydrogens is 368 g/mol. The van der Waals surface area contributed by atoms with Crippen molar-refractivity contribution in [3.8, 4) is 5.75 Å². The molecule has 0 heterocycles. The second-order valence-electron chi connectivity index (χ2n) is 3.80. The van der Waals surface area contributed by atoms with E-state index in [1.807, 2.05) is 0 Å². The highest BCUT2D eigenvalue weighted by Crippen LogP contribution is 2.28. The molecule has 7 heteroatoms. The van der Waals surface area contributed by atoms with Crippen molar-refractivity contribution in [1.29, 1.82) is 0 Å². The van der Waals surface area contributed by atoms with Crippen molar-refractivity contribution in [2.75, 3.05) is 0 Å². The van der Waals surface area contributed by atoms with E-state index in [4.69, 9.17) is 15.8 Å². The van der Waals surface area contributed by atoms with Crippen LogP contribution in [0.1, 0.15) is 10.4 Å². The molecule has 0 fully saturated rings. The van der Waals surface area contributed by atoms with Gasteiger partial charge in [-0.2, -0.15) is 8.42 Å². The highest BCUT2D eigenvalue weighted by atomic mass is 79.9. The van der Waals surface area contributed by atoms with Crippen LogP contribution in [0.4, 0.5) is 0 Å². The largest absolute Gasteiger partial charge is 0.378 e. The molecule has 0 aromatic heterocycles. The lowest BCUT2D eigenvalue weighted by Gasteiger charge is -2.09. The van der Waals surface area contributed by atoms with Gasteiger partial charge in [0.25, 0.3) is 0 Å². The molecule has 0 saturated carbocycles. The number of halogens is 2. The number of hydrogen-bond acceptors (Lipinski definition) is 4. The fourth-order valence-electron chi connectivity index (χ4n) is 1.43. The first-order chi connectivity index (χ1) is 9.42. The van der Waals surface area contributed by atoms with E-state index in [1.54, 1.807) is 0 Å². The second-order valence-corrected chi connectivity index (χ2v) is 6.64. The number of aldehydes is 1. The van der Waals surface area contributed by atoms with Crippen molar-refractivity contribution in [3.05, 3.63) is 57.5 Å². The molecule has 0 aliphatic heterocycles. The fourth-order valence-corrected chi connectivity index (χ4v) is 3.08. The van der Waals surface area contributed by atoms with Gasteiger partial charge in [0, 0.05) is 10.6 Å². The maximum absolute atomic E-state index is 12.1. The van der Waals surface area contributed by atoms with Crippen LogP contribution in [0.15, 0.2) is 51.8 Å². The Balaban J connectivity index is 2.33. The molecule has 0 amide bonds. The van der Waals surface area contributed by atoms with Crippen molar-refractivity contribution in [3.63, 3.8) is 0 Å². The molecule has 0 atom stereocenters. The monoisotopic (exact) mass is 374 g/mol. The van der Waals surface area contributed by atoms with Gasteiger partial charge in [0.05, 0.1) is 4.47 Å². The third-order valence-corrected chi connectivity index (χ3v) is 4.51. The summed E-state index contributed by atoms with van der Waals surface area (Å²) in [6, 6.07) is 9.97. The number of hydrogen-bond donors (Lipinski definition) is 0. The number of benzene rings is 2. The molecule has 4 nitrogen and oxygen atoms in total. The van der Waals surface area contributed by atoms with Crippen molar-refractivity contribution in [1.82, 2.24) is 0 Å². The van der Waals surface area contributed by atoms with E-state index >= 15 is 0 Å². The molecule has 0 N–H and O–H groups in total. The van der Waals surface area contributed by atoms with Crippen LogP contribution in [0.2, 0.25) is 5.02 Å². The molecule has 0 bridgehead atoms. The van der Waals surface area contributed by atoms with Crippen LogP contribution in [-0.4, -0.2) is 14.7 Å². The molecular formula is C13H8BrClO4S. The molecule has 0 radical (unpaired) electrons. The first-order valence-corrected chi connectivity index (χ1v) is 7.95. The first-order valence-electron chi connectivity index (χ1n) is 5.37. The van der Waals surface area contributed by atoms with Crippen LogP contribution < -0.4 is 4.18 Å². The predicted molar refractivity (Wildman–Crippen MR) is 78.8 cm³/mol. The van der Waals surface area contributed by atoms with Crippen molar-refractivity contribution >= 4 is 43.9 Å². The van der Waals surface area contributed by atoms with Gasteiger partial charge in [-0.1, -0.05) is 11.6 Å². The molecule has 0 aliphatic carbocycles. The highest BCUT2D eigenvalue weighted by molar-refractivity contribution is 9.10. The fraction of sp³-hybridized carbons (Fsp3) is 0. The molecule has 0 saturated heterocycles. The first kappa shape index (κ1) is 15.0. The quantitative estimate of drug-likeness (QED) is 0.604. The number of carbonyl (C=O) groups is 1. The summed E-state index contributed by atoms with van der Waals surface area (Å²) in [6.45, 7) is 0. The molecule has 2 rings (SSSR count). The van der Waals surface area contributed by atoms with Gasteiger partial charge in [-0.25, -0.2) is 0 Å². The van der Waals surface area contributed by atoms with Gasteiger partial charge in [0.2, 0.25) is 0 Å². The molecule has 2 aromatic rings. The average molecular weight is 376 g/mol. The second kappa shape index (κ2) is 5.95. The molecule has 20 heavy (non-hydrogen) atoms. The zero-order valence-electron chi connectivity index (χ0n) is 9.92. The molecule has 0 aliphatic rings. The van der Waals surface area contributed by atoms with E-state index < -0.39 is 10.1 Å². The Morgan fingerprint density at radius 1 is 1.10 bits per heavy atom. The van der Waals surface area contributed by atoms with Crippen LogP contribution >= 0.6 is 27.5 Å². The SMILES string of the molecule is O=Cc1ccc(OS(=O)(=O)c2ccc(Cl)cc2)c(Br)c1. The highest BCUT2D eigenvalue weighted by Gasteiger charge is 2.18. The van der Waals surface area contributed by atoms with E-state index in [0.717, 1.165) is 0 Å². The Morgan fingerprint density at radius 2 is 1.75 bits per heavy atom.